The number of hydrogen-bond acceptors (Lipinski definition) is 6. The van der Waals surface area contributed by atoms with Gasteiger partial charge in [-0.2, -0.15) is 0 Å². The summed E-state index contributed by atoms with van der Waals surface area (Å²) >= 11 is 0. The molecule has 4 unspecified atom stereocenters. The van der Waals surface area contributed by atoms with E-state index in [9.17, 15) is 10.2 Å². The summed E-state index contributed by atoms with van der Waals surface area (Å²) in [7, 11) is 0. The number of imidazole rings is 1. The first-order valence-corrected chi connectivity index (χ1v) is 12.6. The molecule has 5 N–H and O–H groups in total. The van der Waals surface area contributed by atoms with Crippen LogP contribution in [0.4, 0.5) is 0 Å². The van der Waals surface area contributed by atoms with E-state index in [4.69, 9.17) is 4.98 Å². The van der Waals surface area contributed by atoms with Crippen LogP contribution >= 0.6 is 0 Å². The van der Waals surface area contributed by atoms with Gasteiger partial charge in [-0.05, 0) is 79.2 Å². The first kappa shape index (κ1) is 21.4. The van der Waals surface area contributed by atoms with Crippen LogP contribution in [-0.4, -0.2) is 56.4 Å². The first-order valence-electron chi connectivity index (χ1n) is 12.6. The number of aliphatic hydroxyl groups is 1. The van der Waals surface area contributed by atoms with Crippen LogP contribution in [-0.2, 0) is 6.42 Å². The quantitative estimate of drug-likeness (QED) is 0.482. The van der Waals surface area contributed by atoms with Crippen molar-refractivity contribution >= 4 is 5.57 Å². The average molecular weight is 450 g/mol. The second kappa shape index (κ2) is 8.55. The van der Waals surface area contributed by atoms with Crippen molar-refractivity contribution in [1.82, 2.24) is 25.7 Å². The van der Waals surface area contributed by atoms with E-state index in [-0.39, 0.29) is 12.1 Å². The molecule has 176 valence electrons. The molecular formula is C26H35N5O2. The highest BCUT2D eigenvalue weighted by atomic mass is 16.3. The fraction of sp³-hybridized carbons (Fsp3) is 0.577. The maximum absolute atomic E-state index is 9.88. The van der Waals surface area contributed by atoms with Crippen molar-refractivity contribution in [3.05, 3.63) is 53.1 Å². The zero-order valence-corrected chi connectivity index (χ0v) is 19.3. The Morgan fingerprint density at radius 2 is 2.03 bits per heavy atom. The lowest BCUT2D eigenvalue weighted by Crippen LogP contribution is -2.46. The third-order valence-electron chi connectivity index (χ3n) is 8.49. The van der Waals surface area contributed by atoms with Gasteiger partial charge in [-0.1, -0.05) is 19.1 Å². The molecule has 6 rings (SSSR count). The molecule has 4 atom stereocenters. The zero-order valence-electron chi connectivity index (χ0n) is 19.3. The van der Waals surface area contributed by atoms with Gasteiger partial charge < -0.3 is 15.2 Å². The van der Waals surface area contributed by atoms with Crippen molar-refractivity contribution in [2.45, 2.75) is 75.6 Å². The maximum atomic E-state index is 9.88. The monoisotopic (exact) mass is 449 g/mol. The predicted molar refractivity (Wildman–Crippen MR) is 128 cm³/mol. The fourth-order valence-corrected chi connectivity index (χ4v) is 6.48. The molecule has 2 aliphatic heterocycles. The summed E-state index contributed by atoms with van der Waals surface area (Å²) in [6, 6.07) is 7.04. The SMILES string of the molecule is CCc1cc(O)ccc1C1CCC2C(C1)NNC2c1ncc(C2=CCN(C3CC(O)C3)C2)[nH]1. The third-order valence-corrected chi connectivity index (χ3v) is 8.49. The molecule has 0 bridgehead atoms. The lowest BCUT2D eigenvalue weighted by Gasteiger charge is -2.38. The predicted octanol–water partition coefficient (Wildman–Crippen LogP) is 3.00. The number of phenols is 1. The first-order chi connectivity index (χ1) is 16.1. The van der Waals surface area contributed by atoms with E-state index >= 15 is 0 Å². The number of rotatable bonds is 5. The number of H-pyrrole nitrogens is 1. The van der Waals surface area contributed by atoms with E-state index in [1.165, 1.54) is 23.1 Å². The van der Waals surface area contributed by atoms with E-state index in [0.29, 0.717) is 29.7 Å². The number of phenolic OH excluding ortho intramolecular Hbond substituents is 1. The standard InChI is InChI=1S/C26H35N5O2/c1-2-15-9-19(32)4-6-21(15)16-3-5-22-23(10-16)29-30-25(22)26-27-13-24(28-26)17-7-8-31(14-17)18-11-20(33)12-18/h4,6-7,9,13,16,18,20,22-23,25,29-30,32-33H,2-3,5,8,10-12,14H2,1H3,(H,27,28). The zero-order chi connectivity index (χ0) is 22.5. The Kier molecular flexibility index (Phi) is 5.53. The number of fused-ring (bicyclic) bond motifs is 1. The van der Waals surface area contributed by atoms with E-state index in [1.54, 1.807) is 0 Å². The molecule has 3 fully saturated rings. The lowest BCUT2D eigenvalue weighted by atomic mass is 9.73. The van der Waals surface area contributed by atoms with Crippen LogP contribution in [0.5, 0.6) is 5.75 Å². The molecule has 33 heavy (non-hydrogen) atoms. The minimum atomic E-state index is -0.107. The smallest absolute Gasteiger partial charge is 0.125 e. The summed E-state index contributed by atoms with van der Waals surface area (Å²) < 4.78 is 0. The summed E-state index contributed by atoms with van der Waals surface area (Å²) in [6.07, 6.45) is 10.4. The van der Waals surface area contributed by atoms with E-state index in [1.807, 2.05) is 18.3 Å². The number of aryl methyl sites for hydroxylation is 1. The Hall–Kier alpha value is -2.19. The molecule has 2 saturated carbocycles. The van der Waals surface area contributed by atoms with Crippen molar-refractivity contribution in [2.24, 2.45) is 5.92 Å². The lowest BCUT2D eigenvalue weighted by molar-refractivity contribution is 0.0139. The molecule has 1 aromatic carbocycles. The number of benzene rings is 1. The number of hydrazine groups is 1. The molecule has 2 aliphatic carbocycles. The second-order valence-corrected chi connectivity index (χ2v) is 10.4. The maximum Gasteiger partial charge on any atom is 0.125 e. The summed E-state index contributed by atoms with van der Waals surface area (Å²) in [5, 5.41) is 19.5. The molecule has 0 spiro atoms. The van der Waals surface area contributed by atoms with Crippen LogP contribution in [0.25, 0.3) is 5.57 Å². The van der Waals surface area contributed by atoms with Crippen molar-refractivity contribution in [2.75, 3.05) is 13.1 Å². The van der Waals surface area contributed by atoms with Gasteiger partial charge in [-0.3, -0.25) is 10.3 Å². The van der Waals surface area contributed by atoms with Gasteiger partial charge in [0.1, 0.15) is 11.6 Å². The van der Waals surface area contributed by atoms with Gasteiger partial charge >= 0.3 is 0 Å². The molecule has 7 nitrogen and oxygen atoms in total. The van der Waals surface area contributed by atoms with Crippen LogP contribution in [0, 0.1) is 5.92 Å². The second-order valence-electron chi connectivity index (χ2n) is 10.4. The van der Waals surface area contributed by atoms with Crippen LogP contribution in [0.3, 0.4) is 0 Å². The summed E-state index contributed by atoms with van der Waals surface area (Å²) in [4.78, 5) is 10.9. The summed E-state index contributed by atoms with van der Waals surface area (Å²) in [6.45, 7) is 4.07. The molecule has 0 amide bonds. The van der Waals surface area contributed by atoms with Gasteiger partial charge in [0.25, 0.3) is 0 Å². The van der Waals surface area contributed by atoms with Crippen LogP contribution in [0.1, 0.15) is 73.6 Å². The molecule has 4 aliphatic rings. The van der Waals surface area contributed by atoms with Gasteiger partial charge in [0.15, 0.2) is 0 Å². The van der Waals surface area contributed by atoms with Crippen LogP contribution in [0.2, 0.25) is 0 Å². The Morgan fingerprint density at radius 1 is 1.15 bits per heavy atom. The van der Waals surface area contributed by atoms with Crippen molar-refractivity contribution in [1.29, 1.82) is 0 Å². The number of aromatic hydroxyl groups is 1. The van der Waals surface area contributed by atoms with E-state index in [0.717, 1.165) is 56.7 Å². The number of nitrogens with zero attached hydrogens (tertiary/aromatic N) is 2. The average Bonchev–Trinajstić information content (AvgIpc) is 3.55. The molecule has 0 radical (unpaired) electrons. The summed E-state index contributed by atoms with van der Waals surface area (Å²) in [5.74, 6) is 2.44. The molecule has 7 heteroatoms. The number of aromatic amines is 1. The number of aliphatic hydroxyl groups excluding tert-OH is 1. The normalized spacial score (nSPS) is 34.2. The van der Waals surface area contributed by atoms with Gasteiger partial charge in [-0.15, -0.1) is 0 Å². The van der Waals surface area contributed by atoms with Gasteiger partial charge in [0, 0.05) is 25.2 Å². The Balaban J connectivity index is 1.11. The van der Waals surface area contributed by atoms with Crippen molar-refractivity contribution < 1.29 is 10.2 Å². The highest BCUT2D eigenvalue weighted by molar-refractivity contribution is 5.66. The van der Waals surface area contributed by atoms with E-state index in [2.05, 4.69) is 39.8 Å². The molecule has 1 saturated heterocycles. The largest absolute Gasteiger partial charge is 0.508 e. The van der Waals surface area contributed by atoms with Crippen LogP contribution in [0.15, 0.2) is 30.5 Å². The minimum Gasteiger partial charge on any atom is -0.508 e. The Bertz CT molecular complexity index is 1040. The van der Waals surface area contributed by atoms with Gasteiger partial charge in [0.2, 0.25) is 0 Å². The van der Waals surface area contributed by atoms with Gasteiger partial charge in [-0.25, -0.2) is 10.4 Å². The molecule has 2 aromatic rings. The third kappa shape index (κ3) is 3.91. The number of nitrogens with one attached hydrogen (secondary N) is 3. The Labute approximate surface area is 195 Å². The van der Waals surface area contributed by atoms with E-state index < -0.39 is 0 Å². The topological polar surface area (TPSA) is 96.4 Å². The highest BCUT2D eigenvalue weighted by Crippen LogP contribution is 2.44. The molecule has 3 heterocycles. The number of aromatic nitrogens is 2. The van der Waals surface area contributed by atoms with Crippen LogP contribution < -0.4 is 10.9 Å². The minimum absolute atomic E-state index is 0.107. The van der Waals surface area contributed by atoms with Gasteiger partial charge in [0.05, 0.1) is 24.0 Å². The Morgan fingerprint density at radius 3 is 2.85 bits per heavy atom. The number of hydrogen-bond donors (Lipinski definition) is 5. The molecule has 1 aromatic heterocycles. The van der Waals surface area contributed by atoms with Crippen molar-refractivity contribution in [3.8, 4) is 5.75 Å². The summed E-state index contributed by atoms with van der Waals surface area (Å²) in [5.41, 5.74) is 12.2. The van der Waals surface area contributed by atoms with Crippen molar-refractivity contribution in [3.63, 3.8) is 0 Å². The highest BCUT2D eigenvalue weighted by Gasteiger charge is 2.43. The molecular weight excluding hydrogens is 414 g/mol. The fourth-order valence-electron chi connectivity index (χ4n) is 6.48.